The van der Waals surface area contributed by atoms with E-state index in [0.29, 0.717) is 21.0 Å². The maximum atomic E-state index is 12.6. The number of terminal acetylenes is 1. The Morgan fingerprint density at radius 2 is 1.89 bits per heavy atom. The molecule has 0 spiro atoms. The van der Waals surface area contributed by atoms with E-state index in [1.165, 1.54) is 12.1 Å². The molecule has 0 atom stereocenters. The molecule has 1 heterocycles. The van der Waals surface area contributed by atoms with Crippen LogP contribution in [-0.4, -0.2) is 28.2 Å². The number of hydrogen-bond acceptors (Lipinski definition) is 5. The predicted molar refractivity (Wildman–Crippen MR) is 105 cm³/mol. The van der Waals surface area contributed by atoms with Crippen molar-refractivity contribution in [1.29, 1.82) is 0 Å². The van der Waals surface area contributed by atoms with Crippen molar-refractivity contribution >= 4 is 34.6 Å². The number of aryl methyl sites for hydroxylation is 1. The molecule has 140 valence electrons. The normalized spacial score (nSPS) is 10.8. The smallest absolute Gasteiger partial charge is 0.293 e. The van der Waals surface area contributed by atoms with Gasteiger partial charge in [0.2, 0.25) is 0 Å². The lowest BCUT2D eigenvalue weighted by Crippen LogP contribution is -2.45. The van der Waals surface area contributed by atoms with E-state index in [4.69, 9.17) is 6.42 Å². The number of phenolic OH excluding ortho intramolecular Hbond substituents is 1. The third-order valence-electron chi connectivity index (χ3n) is 3.85. The minimum Gasteiger partial charge on any atom is -0.508 e. The molecular weight excluding hydrogens is 364 g/mol. The van der Waals surface area contributed by atoms with Gasteiger partial charge in [0.05, 0.1) is 10.4 Å². The number of phenols is 1. The van der Waals surface area contributed by atoms with Crippen LogP contribution in [-0.2, 0) is 4.79 Å². The van der Waals surface area contributed by atoms with Gasteiger partial charge in [-0.1, -0.05) is 12.0 Å². The van der Waals surface area contributed by atoms with Gasteiger partial charge >= 0.3 is 0 Å². The summed E-state index contributed by atoms with van der Waals surface area (Å²) >= 11 is 1.13. The quantitative estimate of drug-likeness (QED) is 0.419. The maximum absolute atomic E-state index is 12.6. The minimum absolute atomic E-state index is 0.0237. The molecule has 2 rings (SSSR count). The van der Waals surface area contributed by atoms with Crippen LogP contribution < -0.4 is 10.6 Å². The first-order valence-electron chi connectivity index (χ1n) is 8.10. The number of amides is 2. The van der Waals surface area contributed by atoms with Gasteiger partial charge in [0.25, 0.3) is 17.6 Å². The standard InChI is InChI=1S/C20H20N2O4S/c1-6-20(4,5)22-18(25)16(24)15-11(2)17(27-12(15)3)19(26)21-13-8-7-9-14(23)10-13/h1,7-10,23H,2-5H3,(H,21,26)(H,22,25). The van der Waals surface area contributed by atoms with E-state index >= 15 is 0 Å². The Morgan fingerprint density at radius 1 is 1.22 bits per heavy atom. The third kappa shape index (κ3) is 4.54. The van der Waals surface area contributed by atoms with E-state index < -0.39 is 23.1 Å². The molecule has 3 N–H and O–H groups in total. The molecule has 0 fully saturated rings. The van der Waals surface area contributed by atoms with Gasteiger partial charge in [-0.05, 0) is 45.4 Å². The summed E-state index contributed by atoms with van der Waals surface area (Å²) in [6.45, 7) is 6.52. The van der Waals surface area contributed by atoms with E-state index in [9.17, 15) is 19.5 Å². The first-order chi connectivity index (χ1) is 12.6. The molecule has 0 saturated carbocycles. The molecular formula is C20H20N2O4S. The number of carbonyl (C=O) groups excluding carboxylic acids is 3. The van der Waals surface area contributed by atoms with E-state index in [-0.39, 0.29) is 11.3 Å². The van der Waals surface area contributed by atoms with E-state index in [1.807, 2.05) is 0 Å². The SMILES string of the molecule is C#CC(C)(C)NC(=O)C(=O)c1c(C)sc(C(=O)Nc2cccc(O)c2)c1C. The molecule has 0 unspecified atom stereocenters. The van der Waals surface area contributed by atoms with E-state index in [0.717, 1.165) is 11.3 Å². The number of hydrogen-bond donors (Lipinski definition) is 3. The van der Waals surface area contributed by atoms with Crippen LogP contribution >= 0.6 is 11.3 Å². The number of carbonyl (C=O) groups is 3. The number of ketones is 1. The Hall–Kier alpha value is -3.11. The number of anilines is 1. The number of benzene rings is 1. The summed E-state index contributed by atoms with van der Waals surface area (Å²) in [6, 6.07) is 6.14. The minimum atomic E-state index is -0.958. The molecule has 0 saturated heterocycles. The van der Waals surface area contributed by atoms with Crippen LogP contribution in [0.3, 0.4) is 0 Å². The summed E-state index contributed by atoms with van der Waals surface area (Å²) in [4.78, 5) is 38.3. The average molecular weight is 384 g/mol. The zero-order valence-electron chi connectivity index (χ0n) is 15.5. The number of thiophene rings is 1. The van der Waals surface area contributed by atoms with Gasteiger partial charge in [-0.15, -0.1) is 17.8 Å². The first-order valence-corrected chi connectivity index (χ1v) is 8.92. The molecule has 1 aromatic carbocycles. The van der Waals surface area contributed by atoms with Crippen LogP contribution in [0.2, 0.25) is 0 Å². The summed E-state index contributed by atoms with van der Waals surface area (Å²) in [5.41, 5.74) is 0.0899. The van der Waals surface area contributed by atoms with Crippen LogP contribution in [0.5, 0.6) is 5.75 Å². The molecule has 27 heavy (non-hydrogen) atoms. The van der Waals surface area contributed by atoms with Crippen molar-refractivity contribution in [3.05, 3.63) is 45.1 Å². The summed E-state index contributed by atoms with van der Waals surface area (Å²) in [7, 11) is 0. The van der Waals surface area contributed by atoms with Crippen molar-refractivity contribution in [2.45, 2.75) is 33.2 Å². The maximum Gasteiger partial charge on any atom is 0.293 e. The van der Waals surface area contributed by atoms with E-state index in [1.54, 1.807) is 39.8 Å². The van der Waals surface area contributed by atoms with Crippen LogP contribution in [0.15, 0.2) is 24.3 Å². The molecule has 0 aliphatic heterocycles. The number of rotatable bonds is 5. The van der Waals surface area contributed by atoms with Crippen molar-refractivity contribution in [2.24, 2.45) is 0 Å². The predicted octanol–water partition coefficient (Wildman–Crippen LogP) is 3.03. The highest BCUT2D eigenvalue weighted by molar-refractivity contribution is 7.14. The average Bonchev–Trinajstić information content (AvgIpc) is 2.88. The van der Waals surface area contributed by atoms with Crippen molar-refractivity contribution in [2.75, 3.05) is 5.32 Å². The number of nitrogens with one attached hydrogen (secondary N) is 2. The van der Waals surface area contributed by atoms with Crippen molar-refractivity contribution in [3.8, 4) is 18.1 Å². The van der Waals surface area contributed by atoms with E-state index in [2.05, 4.69) is 16.6 Å². The molecule has 0 aliphatic rings. The zero-order chi connectivity index (χ0) is 20.4. The van der Waals surface area contributed by atoms with Crippen molar-refractivity contribution in [1.82, 2.24) is 5.32 Å². The lowest BCUT2D eigenvalue weighted by Gasteiger charge is -2.18. The molecule has 7 heteroatoms. The third-order valence-corrected chi connectivity index (χ3v) is 5.06. The van der Waals surface area contributed by atoms with Crippen molar-refractivity contribution < 1.29 is 19.5 Å². The summed E-state index contributed by atoms with van der Waals surface area (Å²) in [6.07, 6.45) is 5.34. The highest BCUT2D eigenvalue weighted by Crippen LogP contribution is 2.29. The monoisotopic (exact) mass is 384 g/mol. The molecule has 6 nitrogen and oxygen atoms in total. The first kappa shape index (κ1) is 20.2. The fourth-order valence-corrected chi connectivity index (χ4v) is 3.52. The summed E-state index contributed by atoms with van der Waals surface area (Å²) < 4.78 is 0. The number of aromatic hydroxyl groups is 1. The Morgan fingerprint density at radius 3 is 2.48 bits per heavy atom. The Balaban J connectivity index is 2.28. The fourth-order valence-electron chi connectivity index (χ4n) is 2.47. The second kappa shape index (κ2) is 7.64. The topological polar surface area (TPSA) is 95.5 Å². The molecule has 1 aromatic heterocycles. The van der Waals surface area contributed by atoms with Gasteiger partial charge in [-0.25, -0.2) is 0 Å². The number of Topliss-reactive ketones (excluding diaryl/α,β-unsaturated/α-hetero) is 1. The van der Waals surface area contributed by atoms with Crippen LogP contribution in [0.25, 0.3) is 0 Å². The van der Waals surface area contributed by atoms with Gasteiger partial charge in [0.15, 0.2) is 0 Å². The highest BCUT2D eigenvalue weighted by Gasteiger charge is 2.29. The molecule has 0 bridgehead atoms. The Labute approximate surface area is 161 Å². The molecule has 0 radical (unpaired) electrons. The Bertz CT molecular complexity index is 967. The van der Waals surface area contributed by atoms with Crippen molar-refractivity contribution in [3.63, 3.8) is 0 Å². The zero-order valence-corrected chi connectivity index (χ0v) is 16.3. The molecule has 2 aromatic rings. The fraction of sp³-hybridized carbons (Fsp3) is 0.250. The van der Waals surface area contributed by atoms with Gasteiger partial charge in [0, 0.05) is 22.2 Å². The van der Waals surface area contributed by atoms with Gasteiger partial charge < -0.3 is 15.7 Å². The largest absolute Gasteiger partial charge is 0.508 e. The lowest BCUT2D eigenvalue weighted by molar-refractivity contribution is -0.118. The van der Waals surface area contributed by atoms with Crippen LogP contribution in [0.1, 0.15) is 44.3 Å². The van der Waals surface area contributed by atoms with Crippen LogP contribution in [0, 0.1) is 26.2 Å². The Kier molecular flexibility index (Phi) is 5.72. The highest BCUT2D eigenvalue weighted by atomic mass is 32.1. The van der Waals surface area contributed by atoms with Gasteiger partial charge in [-0.3, -0.25) is 14.4 Å². The lowest BCUT2D eigenvalue weighted by atomic mass is 10.0. The summed E-state index contributed by atoms with van der Waals surface area (Å²) in [5, 5.41) is 14.7. The summed E-state index contributed by atoms with van der Waals surface area (Å²) in [5.74, 6) is 0.446. The van der Waals surface area contributed by atoms with Crippen LogP contribution in [0.4, 0.5) is 5.69 Å². The second-order valence-corrected chi connectivity index (χ2v) is 7.77. The molecule has 0 aliphatic carbocycles. The second-order valence-electron chi connectivity index (χ2n) is 6.54. The molecule has 2 amide bonds. The van der Waals surface area contributed by atoms with Gasteiger partial charge in [-0.2, -0.15) is 0 Å². The van der Waals surface area contributed by atoms with Gasteiger partial charge in [0.1, 0.15) is 5.75 Å².